The molecule has 1 heterocycles. The molecule has 3 nitrogen and oxygen atoms in total. The molecule has 18 heavy (non-hydrogen) atoms. The van der Waals surface area contributed by atoms with Crippen LogP contribution in [0.5, 0.6) is 0 Å². The number of aryl methyl sites for hydroxylation is 1. The summed E-state index contributed by atoms with van der Waals surface area (Å²) in [5.74, 6) is -0.218. The summed E-state index contributed by atoms with van der Waals surface area (Å²) >= 11 is 0. The van der Waals surface area contributed by atoms with Crippen LogP contribution in [0.3, 0.4) is 0 Å². The summed E-state index contributed by atoms with van der Waals surface area (Å²) in [5.41, 5.74) is 2.68. The monoisotopic (exact) mass is 247 g/mol. The topological polar surface area (TPSA) is 29.9 Å². The Hall–Kier alpha value is -1.68. The fraction of sp³-hybridized carbons (Fsp3) is 0.357. The number of hydrogen-bond acceptors (Lipinski definition) is 2. The lowest BCUT2D eigenvalue weighted by Gasteiger charge is -2.03. The fourth-order valence-corrected chi connectivity index (χ4v) is 1.86. The van der Waals surface area contributed by atoms with Gasteiger partial charge in [-0.05, 0) is 43.7 Å². The summed E-state index contributed by atoms with van der Waals surface area (Å²) in [4.78, 5) is 4.30. The van der Waals surface area contributed by atoms with E-state index in [0.29, 0.717) is 0 Å². The lowest BCUT2D eigenvalue weighted by Crippen LogP contribution is -2.13. The van der Waals surface area contributed by atoms with E-state index in [-0.39, 0.29) is 5.82 Å². The standard InChI is InChI=1S/C14H18FN3/c1-3-4-16-8-13-9-18(10-17-13)14-6-11(2)5-12(15)7-14/h5-7,9-10,16H,3-4,8H2,1-2H3. The van der Waals surface area contributed by atoms with Crippen molar-refractivity contribution in [3.05, 3.63) is 47.8 Å². The smallest absolute Gasteiger partial charge is 0.125 e. The van der Waals surface area contributed by atoms with Crippen LogP contribution in [0.2, 0.25) is 0 Å². The molecule has 0 spiro atoms. The van der Waals surface area contributed by atoms with E-state index < -0.39 is 0 Å². The second kappa shape index (κ2) is 5.78. The summed E-state index contributed by atoms with van der Waals surface area (Å²) in [6, 6.07) is 4.97. The number of imidazole rings is 1. The van der Waals surface area contributed by atoms with Crippen LogP contribution in [0.15, 0.2) is 30.7 Å². The summed E-state index contributed by atoms with van der Waals surface area (Å²) in [6.07, 6.45) is 4.75. The van der Waals surface area contributed by atoms with Crippen molar-refractivity contribution < 1.29 is 4.39 Å². The maximum absolute atomic E-state index is 13.3. The molecule has 0 bridgehead atoms. The van der Waals surface area contributed by atoms with E-state index in [1.807, 2.05) is 23.8 Å². The van der Waals surface area contributed by atoms with Gasteiger partial charge < -0.3 is 9.88 Å². The normalized spacial score (nSPS) is 10.8. The molecule has 1 N–H and O–H groups in total. The molecule has 4 heteroatoms. The van der Waals surface area contributed by atoms with Crippen molar-refractivity contribution in [1.29, 1.82) is 0 Å². The molecule has 0 aliphatic carbocycles. The lowest BCUT2D eigenvalue weighted by molar-refractivity contribution is 0.625. The zero-order valence-corrected chi connectivity index (χ0v) is 10.8. The maximum Gasteiger partial charge on any atom is 0.125 e. The van der Waals surface area contributed by atoms with Gasteiger partial charge in [-0.3, -0.25) is 0 Å². The first-order chi connectivity index (χ1) is 8.69. The Morgan fingerprint density at radius 3 is 2.89 bits per heavy atom. The number of halogens is 1. The van der Waals surface area contributed by atoms with E-state index in [2.05, 4.69) is 17.2 Å². The molecular weight excluding hydrogens is 229 g/mol. The quantitative estimate of drug-likeness (QED) is 0.823. The van der Waals surface area contributed by atoms with Crippen LogP contribution in [-0.4, -0.2) is 16.1 Å². The molecule has 2 rings (SSSR count). The third-order valence-electron chi connectivity index (χ3n) is 2.69. The van der Waals surface area contributed by atoms with E-state index in [1.54, 1.807) is 6.33 Å². The minimum atomic E-state index is -0.218. The van der Waals surface area contributed by atoms with Gasteiger partial charge in [0.05, 0.1) is 12.0 Å². The predicted molar refractivity (Wildman–Crippen MR) is 70.3 cm³/mol. The first-order valence-electron chi connectivity index (χ1n) is 6.20. The number of nitrogens with one attached hydrogen (secondary N) is 1. The Morgan fingerprint density at radius 2 is 2.17 bits per heavy atom. The van der Waals surface area contributed by atoms with Crippen molar-refractivity contribution in [2.24, 2.45) is 0 Å². The van der Waals surface area contributed by atoms with Gasteiger partial charge in [0.25, 0.3) is 0 Å². The second-order valence-electron chi connectivity index (χ2n) is 4.44. The van der Waals surface area contributed by atoms with Gasteiger partial charge in [-0.1, -0.05) is 6.92 Å². The van der Waals surface area contributed by atoms with Crippen LogP contribution < -0.4 is 5.32 Å². The zero-order valence-electron chi connectivity index (χ0n) is 10.8. The minimum Gasteiger partial charge on any atom is -0.311 e. The number of benzene rings is 1. The van der Waals surface area contributed by atoms with Gasteiger partial charge in [0.2, 0.25) is 0 Å². The minimum absolute atomic E-state index is 0.218. The van der Waals surface area contributed by atoms with Crippen molar-refractivity contribution >= 4 is 0 Å². The number of hydrogen-bond donors (Lipinski definition) is 1. The summed E-state index contributed by atoms with van der Waals surface area (Å²) < 4.78 is 15.2. The van der Waals surface area contributed by atoms with Gasteiger partial charge in [-0.15, -0.1) is 0 Å². The Morgan fingerprint density at radius 1 is 1.33 bits per heavy atom. The Balaban J connectivity index is 2.13. The number of nitrogens with zero attached hydrogens (tertiary/aromatic N) is 2. The first kappa shape index (κ1) is 12.8. The van der Waals surface area contributed by atoms with E-state index in [9.17, 15) is 4.39 Å². The van der Waals surface area contributed by atoms with Crippen molar-refractivity contribution in [3.8, 4) is 5.69 Å². The summed E-state index contributed by atoms with van der Waals surface area (Å²) in [5, 5.41) is 3.29. The molecule has 1 aromatic heterocycles. The molecule has 0 aliphatic rings. The van der Waals surface area contributed by atoms with Gasteiger partial charge >= 0.3 is 0 Å². The number of rotatable bonds is 5. The van der Waals surface area contributed by atoms with Gasteiger partial charge in [-0.25, -0.2) is 9.37 Å². The van der Waals surface area contributed by atoms with Crippen LogP contribution in [-0.2, 0) is 6.54 Å². The Kier molecular flexibility index (Phi) is 4.10. The molecule has 0 radical (unpaired) electrons. The average Bonchev–Trinajstić information content (AvgIpc) is 2.77. The second-order valence-corrected chi connectivity index (χ2v) is 4.44. The molecular formula is C14H18FN3. The van der Waals surface area contributed by atoms with Gasteiger partial charge in [0, 0.05) is 18.4 Å². The molecule has 0 saturated heterocycles. The number of aromatic nitrogens is 2. The van der Waals surface area contributed by atoms with Gasteiger partial charge in [0.1, 0.15) is 5.82 Å². The molecule has 2 aromatic rings. The molecule has 0 saturated carbocycles. The molecule has 1 aromatic carbocycles. The molecule has 96 valence electrons. The highest BCUT2D eigenvalue weighted by molar-refractivity contribution is 5.36. The fourth-order valence-electron chi connectivity index (χ4n) is 1.86. The maximum atomic E-state index is 13.3. The van der Waals surface area contributed by atoms with Crippen LogP contribution in [0.4, 0.5) is 4.39 Å². The van der Waals surface area contributed by atoms with E-state index in [1.165, 1.54) is 12.1 Å². The van der Waals surface area contributed by atoms with Crippen molar-refractivity contribution in [1.82, 2.24) is 14.9 Å². The largest absolute Gasteiger partial charge is 0.311 e. The Labute approximate surface area is 107 Å². The van der Waals surface area contributed by atoms with Crippen molar-refractivity contribution in [2.45, 2.75) is 26.8 Å². The summed E-state index contributed by atoms with van der Waals surface area (Å²) in [6.45, 7) is 5.73. The highest BCUT2D eigenvalue weighted by Gasteiger charge is 2.03. The van der Waals surface area contributed by atoms with Gasteiger partial charge in [0.15, 0.2) is 0 Å². The SMILES string of the molecule is CCCNCc1cn(-c2cc(C)cc(F)c2)cn1. The lowest BCUT2D eigenvalue weighted by atomic mass is 10.2. The van der Waals surface area contributed by atoms with E-state index >= 15 is 0 Å². The van der Waals surface area contributed by atoms with Crippen LogP contribution >= 0.6 is 0 Å². The third-order valence-corrected chi connectivity index (χ3v) is 2.69. The van der Waals surface area contributed by atoms with Crippen LogP contribution in [0, 0.1) is 12.7 Å². The van der Waals surface area contributed by atoms with Crippen LogP contribution in [0.1, 0.15) is 24.6 Å². The molecule has 0 amide bonds. The first-order valence-corrected chi connectivity index (χ1v) is 6.20. The zero-order chi connectivity index (χ0) is 13.0. The van der Waals surface area contributed by atoms with Crippen molar-refractivity contribution in [3.63, 3.8) is 0 Å². The highest BCUT2D eigenvalue weighted by Crippen LogP contribution is 2.13. The van der Waals surface area contributed by atoms with Crippen LogP contribution in [0.25, 0.3) is 5.69 Å². The third kappa shape index (κ3) is 3.17. The molecule has 0 aliphatic heterocycles. The highest BCUT2D eigenvalue weighted by atomic mass is 19.1. The summed E-state index contributed by atoms with van der Waals surface area (Å²) in [7, 11) is 0. The van der Waals surface area contributed by atoms with E-state index in [4.69, 9.17) is 0 Å². The van der Waals surface area contributed by atoms with E-state index in [0.717, 1.165) is 36.5 Å². The average molecular weight is 247 g/mol. The van der Waals surface area contributed by atoms with Crippen molar-refractivity contribution in [2.75, 3.05) is 6.54 Å². The molecule has 0 fully saturated rings. The Bertz CT molecular complexity index is 499. The van der Waals surface area contributed by atoms with Gasteiger partial charge in [-0.2, -0.15) is 0 Å². The molecule has 0 atom stereocenters. The predicted octanol–water partition coefficient (Wildman–Crippen LogP) is 2.82. The molecule has 0 unspecified atom stereocenters.